The van der Waals surface area contributed by atoms with Crippen molar-refractivity contribution in [1.29, 1.82) is 0 Å². The van der Waals surface area contributed by atoms with E-state index < -0.39 is 0 Å². The van der Waals surface area contributed by atoms with Crippen molar-refractivity contribution in [2.75, 3.05) is 41.3 Å². The second-order valence-corrected chi connectivity index (χ2v) is 13.2. The Kier molecular flexibility index (Phi) is 11.7. The normalized spacial score (nSPS) is 27.8. The van der Waals surface area contributed by atoms with Gasteiger partial charge in [0.1, 0.15) is 0 Å². The van der Waals surface area contributed by atoms with E-state index in [1.54, 1.807) is 0 Å². The lowest BCUT2D eigenvalue weighted by atomic mass is 9.67. The lowest BCUT2D eigenvalue weighted by Crippen LogP contribution is -2.49. The number of aliphatic hydroxyl groups is 2. The number of benzene rings is 2. The Hall–Kier alpha value is -0.560. The molecule has 0 aliphatic heterocycles. The van der Waals surface area contributed by atoms with Crippen LogP contribution in [0.2, 0.25) is 20.1 Å². The predicted molar refractivity (Wildman–Crippen MR) is 162 cm³/mol. The first-order valence-corrected chi connectivity index (χ1v) is 15.0. The van der Waals surface area contributed by atoms with Crippen molar-refractivity contribution in [1.82, 2.24) is 9.80 Å². The first-order chi connectivity index (χ1) is 17.9. The predicted octanol–water partition coefficient (Wildman–Crippen LogP) is 7.46. The molecule has 2 aromatic rings. The van der Waals surface area contributed by atoms with Gasteiger partial charge in [-0.3, -0.25) is 0 Å². The summed E-state index contributed by atoms with van der Waals surface area (Å²) in [4.78, 5) is 4.27. The number of nitrogens with zero attached hydrogens (tertiary/aromatic N) is 2. The lowest BCUT2D eigenvalue weighted by molar-refractivity contribution is 0.0263. The molecule has 2 saturated carbocycles. The third-order valence-corrected chi connectivity index (χ3v) is 9.64. The number of aliphatic hydroxyl groups excluding tert-OH is 2. The highest BCUT2D eigenvalue weighted by atomic mass is 35.5. The summed E-state index contributed by atoms with van der Waals surface area (Å²) >= 11 is 24.3. The smallest absolute Gasteiger partial charge is 0.0649 e. The lowest BCUT2D eigenvalue weighted by Gasteiger charge is -2.44. The maximum absolute atomic E-state index is 10.6. The Bertz CT molecular complexity index is 983. The molecule has 0 amide bonds. The van der Waals surface area contributed by atoms with Crippen LogP contribution in [0.5, 0.6) is 0 Å². The average Bonchev–Trinajstić information content (AvgIpc) is 2.85. The molecule has 0 heterocycles. The van der Waals surface area contributed by atoms with Crippen LogP contribution in [-0.4, -0.2) is 73.5 Å². The summed E-state index contributed by atoms with van der Waals surface area (Å²) < 4.78 is 0. The van der Waals surface area contributed by atoms with E-state index >= 15 is 0 Å². The minimum Gasteiger partial charge on any atom is -0.392 e. The van der Waals surface area contributed by atoms with Gasteiger partial charge in [0.15, 0.2) is 0 Å². The minimum absolute atomic E-state index is 0.226. The molecule has 4 atom stereocenters. The zero-order valence-electron chi connectivity index (χ0n) is 23.0. The van der Waals surface area contributed by atoms with Gasteiger partial charge >= 0.3 is 0 Å². The molecule has 0 radical (unpaired) electrons. The van der Waals surface area contributed by atoms with E-state index in [-0.39, 0.29) is 23.0 Å². The molecule has 4 rings (SSSR count). The van der Waals surface area contributed by atoms with Crippen molar-refractivity contribution in [3.8, 4) is 0 Å². The van der Waals surface area contributed by atoms with E-state index in [1.165, 1.54) is 0 Å². The summed E-state index contributed by atoms with van der Waals surface area (Å²) in [5, 5.41) is 23.4. The van der Waals surface area contributed by atoms with Gasteiger partial charge in [-0.2, -0.15) is 0 Å². The van der Waals surface area contributed by atoms with Gasteiger partial charge in [0.25, 0.3) is 0 Å². The van der Waals surface area contributed by atoms with Crippen molar-refractivity contribution in [2.24, 2.45) is 0 Å². The molecule has 2 aromatic carbocycles. The van der Waals surface area contributed by atoms with Crippen LogP contribution in [0.3, 0.4) is 0 Å². The van der Waals surface area contributed by atoms with Gasteiger partial charge in [-0.1, -0.05) is 84.2 Å². The van der Waals surface area contributed by atoms with Crippen molar-refractivity contribution in [2.45, 2.75) is 74.4 Å². The fourth-order valence-corrected chi connectivity index (χ4v) is 7.00. The Morgan fingerprint density at radius 1 is 0.632 bits per heavy atom. The summed E-state index contributed by atoms with van der Waals surface area (Å²) in [6.07, 6.45) is 7.53. The van der Waals surface area contributed by atoms with E-state index in [1.807, 2.05) is 64.6 Å². The van der Waals surface area contributed by atoms with E-state index in [0.29, 0.717) is 20.1 Å². The first kappa shape index (κ1) is 32.0. The molecule has 2 fully saturated rings. The summed E-state index contributed by atoms with van der Waals surface area (Å²) in [7, 11) is 8.17. The monoisotopic (exact) mass is 602 g/mol. The largest absolute Gasteiger partial charge is 0.392 e. The summed E-state index contributed by atoms with van der Waals surface area (Å²) in [5.41, 5.74) is 1.75. The molecule has 2 aliphatic carbocycles. The standard InChI is InChI=1S/2C15H21Cl2NO/c2*1-18(2)10-15(8-4-3-5-14(15)19)11-6-7-12(16)13(17)9-11/h2*6-7,9,14,19H,3-5,8,10H2,1-2H3/t2*14-,15+/m10/s1. The van der Waals surface area contributed by atoms with Crippen LogP contribution >= 0.6 is 46.4 Å². The fraction of sp³-hybridized carbons (Fsp3) is 0.600. The zero-order chi connectivity index (χ0) is 28.1. The zero-order valence-corrected chi connectivity index (χ0v) is 26.0. The Morgan fingerprint density at radius 2 is 1.00 bits per heavy atom. The minimum atomic E-state index is -0.319. The molecule has 0 bridgehead atoms. The van der Waals surface area contributed by atoms with Crippen LogP contribution < -0.4 is 0 Å². The Balaban J connectivity index is 0.000000211. The van der Waals surface area contributed by atoms with Gasteiger partial charge in [-0.15, -0.1) is 0 Å². The Morgan fingerprint density at radius 3 is 1.29 bits per heavy atom. The second kappa shape index (κ2) is 13.9. The molecular weight excluding hydrogens is 562 g/mol. The van der Waals surface area contributed by atoms with Gasteiger partial charge in [-0.05, 0) is 89.3 Å². The number of hydrogen-bond acceptors (Lipinski definition) is 4. The highest BCUT2D eigenvalue weighted by molar-refractivity contribution is 6.42. The number of hydrogen-bond donors (Lipinski definition) is 2. The van der Waals surface area contributed by atoms with Crippen molar-refractivity contribution >= 4 is 46.4 Å². The van der Waals surface area contributed by atoms with Gasteiger partial charge in [0.05, 0.1) is 32.3 Å². The van der Waals surface area contributed by atoms with Crippen molar-refractivity contribution < 1.29 is 10.2 Å². The molecule has 4 nitrogen and oxygen atoms in total. The highest BCUT2D eigenvalue weighted by Gasteiger charge is 2.43. The topological polar surface area (TPSA) is 46.9 Å². The molecular formula is C30H42Cl4N2O2. The van der Waals surface area contributed by atoms with Crippen LogP contribution in [0, 0.1) is 0 Å². The molecule has 212 valence electrons. The molecule has 0 saturated heterocycles. The molecule has 0 spiro atoms. The van der Waals surface area contributed by atoms with E-state index in [9.17, 15) is 10.2 Å². The summed E-state index contributed by atoms with van der Waals surface area (Å²) in [5.74, 6) is 0. The second-order valence-electron chi connectivity index (χ2n) is 11.6. The molecule has 2 aliphatic rings. The number of rotatable bonds is 6. The summed E-state index contributed by atoms with van der Waals surface area (Å²) in [6.45, 7) is 1.65. The molecule has 2 N–H and O–H groups in total. The Labute approximate surface area is 248 Å². The van der Waals surface area contributed by atoms with Crippen LogP contribution in [-0.2, 0) is 10.8 Å². The maximum atomic E-state index is 10.6. The van der Waals surface area contributed by atoms with E-state index in [4.69, 9.17) is 46.4 Å². The van der Waals surface area contributed by atoms with Gasteiger partial charge in [0.2, 0.25) is 0 Å². The van der Waals surface area contributed by atoms with E-state index in [0.717, 1.165) is 75.6 Å². The van der Waals surface area contributed by atoms with Crippen LogP contribution in [0.15, 0.2) is 36.4 Å². The fourth-order valence-electron chi connectivity index (χ4n) is 6.41. The van der Waals surface area contributed by atoms with Gasteiger partial charge < -0.3 is 20.0 Å². The van der Waals surface area contributed by atoms with Crippen LogP contribution in [0.4, 0.5) is 0 Å². The van der Waals surface area contributed by atoms with Crippen LogP contribution in [0.25, 0.3) is 0 Å². The third-order valence-electron chi connectivity index (χ3n) is 8.16. The molecule has 38 heavy (non-hydrogen) atoms. The SMILES string of the molecule is CN(C)C[C@@]1(c2ccc(Cl)c(Cl)c2)CCCC[C@@H]1O.CN(C)C[C@]1(c2ccc(Cl)c(Cl)c2)CCCC[C@H]1O. The quantitative estimate of drug-likeness (QED) is 0.360. The number of halogens is 4. The van der Waals surface area contributed by atoms with Gasteiger partial charge in [0, 0.05) is 23.9 Å². The van der Waals surface area contributed by atoms with Crippen molar-refractivity contribution in [3.05, 3.63) is 67.6 Å². The maximum Gasteiger partial charge on any atom is 0.0649 e. The molecule has 8 heteroatoms. The highest BCUT2D eigenvalue weighted by Crippen LogP contribution is 2.43. The van der Waals surface area contributed by atoms with Crippen LogP contribution in [0.1, 0.15) is 62.5 Å². The van der Waals surface area contributed by atoms with Crippen molar-refractivity contribution in [3.63, 3.8) is 0 Å². The summed E-state index contributed by atoms with van der Waals surface area (Å²) in [6, 6.07) is 11.5. The first-order valence-electron chi connectivity index (χ1n) is 13.5. The molecule has 0 unspecified atom stereocenters. The van der Waals surface area contributed by atoms with E-state index in [2.05, 4.69) is 9.80 Å². The van der Waals surface area contributed by atoms with Gasteiger partial charge in [-0.25, -0.2) is 0 Å². The third kappa shape index (κ3) is 7.39. The number of likely N-dealkylation sites (N-methyl/N-ethyl adjacent to an activating group) is 2. The molecule has 0 aromatic heterocycles. The average molecular weight is 604 g/mol.